The van der Waals surface area contributed by atoms with Crippen LogP contribution in [0.15, 0.2) is 29.2 Å². The number of thioether (sulfide) groups is 1. The van der Waals surface area contributed by atoms with Crippen LogP contribution < -0.4 is 0 Å². The molecule has 26 heavy (non-hydrogen) atoms. The lowest BCUT2D eigenvalue weighted by Gasteiger charge is -2.31. The van der Waals surface area contributed by atoms with Crippen molar-refractivity contribution in [2.75, 3.05) is 18.1 Å². The summed E-state index contributed by atoms with van der Waals surface area (Å²) in [7, 11) is -4.26. The van der Waals surface area contributed by atoms with Gasteiger partial charge in [-0.15, -0.1) is 4.47 Å². The second kappa shape index (κ2) is 8.69. The Morgan fingerprint density at radius 2 is 1.85 bits per heavy atom. The van der Waals surface area contributed by atoms with Crippen molar-refractivity contribution in [1.82, 2.24) is 4.47 Å². The van der Waals surface area contributed by atoms with Gasteiger partial charge < -0.3 is 4.74 Å². The van der Waals surface area contributed by atoms with E-state index in [1.807, 2.05) is 0 Å². The van der Waals surface area contributed by atoms with Crippen molar-refractivity contribution in [3.63, 3.8) is 0 Å². The molecule has 0 N–H and O–H groups in total. The number of carbonyl (C=O) groups excluding carboxylic acids is 1. The Morgan fingerprint density at radius 1 is 1.15 bits per heavy atom. The Hall–Kier alpha value is -1.16. The number of nitrogens with zero attached hydrogens (tertiary/aromatic N) is 1. The van der Waals surface area contributed by atoms with Gasteiger partial charge in [0.25, 0.3) is 15.9 Å². The number of amides is 1. The van der Waals surface area contributed by atoms with E-state index in [0.717, 1.165) is 48.6 Å². The summed E-state index contributed by atoms with van der Waals surface area (Å²) in [6.07, 6.45) is 2.66. The van der Waals surface area contributed by atoms with E-state index in [-0.39, 0.29) is 4.90 Å². The number of hydroxylamine groups is 1. The van der Waals surface area contributed by atoms with Crippen LogP contribution in [0.5, 0.6) is 0 Å². The molecular weight excluding hydrogens is 381 g/mol. The molecule has 0 saturated carbocycles. The highest BCUT2D eigenvalue weighted by Gasteiger charge is 2.38. The van der Waals surface area contributed by atoms with Gasteiger partial charge in [0.15, 0.2) is 6.29 Å². The van der Waals surface area contributed by atoms with Crippen LogP contribution in [0.2, 0.25) is 0 Å². The number of rotatable bonds is 5. The van der Waals surface area contributed by atoms with Gasteiger partial charge in [0.1, 0.15) is 5.82 Å². The summed E-state index contributed by atoms with van der Waals surface area (Å²) in [6.45, 7) is 0.462. The van der Waals surface area contributed by atoms with Gasteiger partial charge in [-0.05, 0) is 61.5 Å². The number of carbonyl (C=O) groups is 1. The smallest absolute Gasteiger partial charge is 0.289 e. The topological polar surface area (TPSA) is 72.9 Å². The van der Waals surface area contributed by atoms with Crippen LogP contribution in [0.1, 0.15) is 32.1 Å². The zero-order valence-electron chi connectivity index (χ0n) is 14.3. The average Bonchev–Trinajstić information content (AvgIpc) is 2.67. The van der Waals surface area contributed by atoms with Crippen LogP contribution in [0.4, 0.5) is 4.39 Å². The van der Waals surface area contributed by atoms with Crippen LogP contribution in [-0.4, -0.2) is 43.2 Å². The molecule has 3 rings (SSSR count). The van der Waals surface area contributed by atoms with E-state index in [2.05, 4.69) is 0 Å². The van der Waals surface area contributed by atoms with E-state index < -0.39 is 34.0 Å². The second-order valence-electron chi connectivity index (χ2n) is 6.31. The van der Waals surface area contributed by atoms with Gasteiger partial charge in [-0.25, -0.2) is 9.23 Å². The molecular formula is C17H22FNO5S2. The van der Waals surface area contributed by atoms with Crippen molar-refractivity contribution in [1.29, 1.82) is 0 Å². The fourth-order valence-electron chi connectivity index (χ4n) is 2.92. The van der Waals surface area contributed by atoms with Crippen molar-refractivity contribution in [3.05, 3.63) is 30.1 Å². The number of sulfonamides is 1. The summed E-state index contributed by atoms with van der Waals surface area (Å²) in [5, 5.41) is 0. The molecule has 0 bridgehead atoms. The normalized spacial score (nSPS) is 22.1. The number of halogens is 1. The molecule has 2 heterocycles. The molecule has 2 saturated heterocycles. The first kappa shape index (κ1) is 19.6. The highest BCUT2D eigenvalue weighted by molar-refractivity contribution is 7.99. The molecule has 144 valence electrons. The number of ether oxygens (including phenoxy) is 1. The van der Waals surface area contributed by atoms with Gasteiger partial charge in [-0.1, -0.05) is 0 Å². The molecule has 1 atom stereocenters. The fraction of sp³-hybridized carbons (Fsp3) is 0.588. The molecule has 1 amide bonds. The Balaban J connectivity index is 1.87. The molecule has 1 unspecified atom stereocenters. The lowest BCUT2D eigenvalue weighted by molar-refractivity contribution is -0.249. The van der Waals surface area contributed by atoms with Crippen LogP contribution in [0.25, 0.3) is 0 Å². The summed E-state index contributed by atoms with van der Waals surface area (Å²) >= 11 is 1.74. The summed E-state index contributed by atoms with van der Waals surface area (Å²) in [6, 6.07) is 4.35. The predicted molar refractivity (Wildman–Crippen MR) is 95.2 cm³/mol. The molecule has 1 aromatic carbocycles. The summed E-state index contributed by atoms with van der Waals surface area (Å²) in [4.78, 5) is 18.3. The van der Waals surface area contributed by atoms with E-state index in [0.29, 0.717) is 30.3 Å². The minimum atomic E-state index is -4.26. The first-order chi connectivity index (χ1) is 12.5. The Morgan fingerprint density at radius 3 is 2.46 bits per heavy atom. The molecule has 2 aliphatic heterocycles. The van der Waals surface area contributed by atoms with Crippen molar-refractivity contribution in [2.24, 2.45) is 5.92 Å². The van der Waals surface area contributed by atoms with Crippen molar-refractivity contribution >= 4 is 27.7 Å². The number of hydrogen-bond donors (Lipinski definition) is 0. The molecule has 2 aliphatic rings. The zero-order valence-corrected chi connectivity index (χ0v) is 15.9. The lowest BCUT2D eigenvalue weighted by atomic mass is 10.0. The van der Waals surface area contributed by atoms with E-state index in [1.165, 1.54) is 0 Å². The minimum absolute atomic E-state index is 0.187. The van der Waals surface area contributed by atoms with E-state index >= 15 is 0 Å². The van der Waals surface area contributed by atoms with Gasteiger partial charge in [0.2, 0.25) is 0 Å². The highest BCUT2D eigenvalue weighted by Crippen LogP contribution is 2.29. The Labute approximate surface area is 157 Å². The van der Waals surface area contributed by atoms with Gasteiger partial charge >= 0.3 is 0 Å². The standard InChI is InChI=1S/C17H22FNO5S2/c18-14-4-6-15(7-5-14)26(21,22)19(24-16-3-1-2-10-23-16)17(20)13-8-11-25-12-9-13/h4-7,13,16H,1-3,8-12H2. The van der Waals surface area contributed by atoms with Crippen molar-refractivity contribution < 1.29 is 27.2 Å². The molecule has 6 nitrogen and oxygen atoms in total. The van der Waals surface area contributed by atoms with Gasteiger partial charge in [-0.2, -0.15) is 20.2 Å². The minimum Gasteiger partial charge on any atom is -0.350 e. The molecule has 0 spiro atoms. The zero-order chi connectivity index (χ0) is 18.6. The second-order valence-corrected chi connectivity index (χ2v) is 9.29. The maximum Gasteiger partial charge on any atom is 0.289 e. The predicted octanol–water partition coefficient (Wildman–Crippen LogP) is 2.94. The molecule has 0 aromatic heterocycles. The van der Waals surface area contributed by atoms with Gasteiger partial charge in [0, 0.05) is 18.9 Å². The molecule has 1 aromatic rings. The monoisotopic (exact) mass is 403 g/mol. The summed E-state index contributed by atoms with van der Waals surface area (Å²) in [5.41, 5.74) is 0. The molecule has 0 radical (unpaired) electrons. The Bertz CT molecular complexity index is 713. The lowest BCUT2D eigenvalue weighted by Crippen LogP contribution is -2.45. The maximum atomic E-state index is 13.2. The van der Waals surface area contributed by atoms with Gasteiger partial charge in [-0.3, -0.25) is 4.79 Å². The van der Waals surface area contributed by atoms with Crippen LogP contribution in [0, 0.1) is 11.7 Å². The number of benzene rings is 1. The highest BCUT2D eigenvalue weighted by atomic mass is 32.2. The first-order valence-corrected chi connectivity index (χ1v) is 11.3. The third kappa shape index (κ3) is 4.57. The summed E-state index contributed by atoms with van der Waals surface area (Å²) < 4.78 is 45.1. The maximum absolute atomic E-state index is 13.2. The van der Waals surface area contributed by atoms with Crippen molar-refractivity contribution in [3.8, 4) is 0 Å². The SMILES string of the molecule is O=C(C1CCSCC1)N(OC1CCCCO1)S(=O)(=O)c1ccc(F)cc1. The Kier molecular flexibility index (Phi) is 6.55. The quantitative estimate of drug-likeness (QED) is 0.704. The average molecular weight is 403 g/mol. The van der Waals surface area contributed by atoms with Crippen LogP contribution in [0.3, 0.4) is 0 Å². The fourth-order valence-corrected chi connectivity index (χ4v) is 5.30. The van der Waals surface area contributed by atoms with Crippen molar-refractivity contribution in [2.45, 2.75) is 43.3 Å². The third-order valence-electron chi connectivity index (χ3n) is 4.43. The largest absolute Gasteiger partial charge is 0.350 e. The van der Waals surface area contributed by atoms with Gasteiger partial charge in [0.05, 0.1) is 4.90 Å². The van der Waals surface area contributed by atoms with E-state index in [9.17, 15) is 17.6 Å². The molecule has 2 fully saturated rings. The van der Waals surface area contributed by atoms with E-state index in [4.69, 9.17) is 9.57 Å². The van der Waals surface area contributed by atoms with Crippen LogP contribution >= 0.6 is 11.8 Å². The summed E-state index contributed by atoms with van der Waals surface area (Å²) in [5.74, 6) is 0.0724. The molecule has 9 heteroatoms. The van der Waals surface area contributed by atoms with Crippen LogP contribution in [-0.2, 0) is 24.4 Å². The molecule has 0 aliphatic carbocycles. The third-order valence-corrected chi connectivity index (χ3v) is 7.05. The first-order valence-electron chi connectivity index (χ1n) is 8.69. The van der Waals surface area contributed by atoms with E-state index in [1.54, 1.807) is 11.8 Å². The number of hydrogen-bond acceptors (Lipinski definition) is 6.